The van der Waals surface area contributed by atoms with E-state index in [1.165, 1.54) is 18.3 Å². The SMILES string of the molecule is CC1(C)OC[C@H](COc2ccc(NC(=O)N3c4nc(-c5cccc(C(F)(F)F)c5)c(Cl)cc4N4CC[C@H]3C4)cn2)O1. The van der Waals surface area contributed by atoms with Crippen LogP contribution in [0.2, 0.25) is 5.02 Å². The van der Waals surface area contributed by atoms with Crippen LogP contribution in [0.1, 0.15) is 25.8 Å². The molecule has 1 N–H and O–H groups in total. The lowest BCUT2D eigenvalue weighted by molar-refractivity contribution is -0.141. The largest absolute Gasteiger partial charge is 0.475 e. The zero-order valence-electron chi connectivity index (χ0n) is 22.2. The Labute approximate surface area is 239 Å². The van der Waals surface area contributed by atoms with Gasteiger partial charge >= 0.3 is 12.2 Å². The van der Waals surface area contributed by atoms with Gasteiger partial charge in [-0.2, -0.15) is 13.2 Å². The Morgan fingerprint density at radius 2 is 2.07 bits per heavy atom. The molecule has 5 heterocycles. The summed E-state index contributed by atoms with van der Waals surface area (Å²) in [6.45, 7) is 5.66. The first kappa shape index (κ1) is 27.6. The molecular weight excluding hydrogens is 563 g/mol. The van der Waals surface area contributed by atoms with Crippen LogP contribution >= 0.6 is 11.6 Å². The van der Waals surface area contributed by atoms with Crippen molar-refractivity contribution in [2.24, 2.45) is 0 Å². The molecule has 2 saturated heterocycles. The van der Waals surface area contributed by atoms with Gasteiger partial charge in [-0.05, 0) is 44.5 Å². The van der Waals surface area contributed by atoms with Crippen LogP contribution < -0.4 is 19.9 Å². The fraction of sp³-hybridized carbons (Fsp3) is 0.393. The van der Waals surface area contributed by atoms with Crippen LogP contribution in [-0.2, 0) is 15.7 Å². The number of rotatable bonds is 5. The molecule has 2 bridgehead atoms. The number of halogens is 4. The lowest BCUT2D eigenvalue weighted by Crippen LogP contribution is -2.48. The molecule has 3 aliphatic rings. The van der Waals surface area contributed by atoms with Crippen molar-refractivity contribution in [3.8, 4) is 17.1 Å². The predicted octanol–water partition coefficient (Wildman–Crippen LogP) is 5.98. The van der Waals surface area contributed by atoms with E-state index in [1.54, 1.807) is 23.1 Å². The van der Waals surface area contributed by atoms with Crippen LogP contribution in [0.15, 0.2) is 48.7 Å². The maximum atomic E-state index is 13.6. The number of anilines is 3. The van der Waals surface area contributed by atoms with Crippen LogP contribution in [-0.4, -0.2) is 60.2 Å². The van der Waals surface area contributed by atoms with Crippen molar-refractivity contribution in [3.63, 3.8) is 0 Å². The first-order chi connectivity index (χ1) is 19.5. The Bertz CT molecular complexity index is 1470. The highest BCUT2D eigenvalue weighted by molar-refractivity contribution is 6.33. The summed E-state index contributed by atoms with van der Waals surface area (Å²) in [5, 5.41) is 3.06. The first-order valence-electron chi connectivity index (χ1n) is 13.1. The van der Waals surface area contributed by atoms with Crippen LogP contribution in [0.3, 0.4) is 0 Å². The standard InChI is InChI=1S/C28H27ClF3N5O4/c1-27(2)40-15-20(41-27)14-39-23-7-6-18(12-33-23)34-26(38)37-19-8-9-36(13-19)22-11-21(29)24(35-25(22)37)16-4-3-5-17(10-16)28(30,31)32/h3-7,10-12,19-20H,8-9,13-15H2,1-2H3,(H,34,38)/t19-,20-/m0/s1. The van der Waals surface area contributed by atoms with Crippen molar-refractivity contribution in [1.29, 1.82) is 0 Å². The topological polar surface area (TPSA) is 89.1 Å². The number of hydrogen-bond donors (Lipinski definition) is 1. The molecule has 0 spiro atoms. The molecule has 41 heavy (non-hydrogen) atoms. The van der Waals surface area contributed by atoms with E-state index in [0.717, 1.165) is 12.1 Å². The highest BCUT2D eigenvalue weighted by Crippen LogP contribution is 2.44. The molecule has 2 amide bonds. The summed E-state index contributed by atoms with van der Waals surface area (Å²) in [5.74, 6) is 0.0587. The predicted molar refractivity (Wildman–Crippen MR) is 146 cm³/mol. The monoisotopic (exact) mass is 589 g/mol. The zero-order chi connectivity index (χ0) is 28.9. The van der Waals surface area contributed by atoms with Gasteiger partial charge in [-0.1, -0.05) is 23.7 Å². The van der Waals surface area contributed by atoms with Crippen molar-refractivity contribution in [3.05, 3.63) is 59.2 Å². The number of ether oxygens (including phenoxy) is 3. The molecule has 6 rings (SSSR count). The number of alkyl halides is 3. The first-order valence-corrected chi connectivity index (χ1v) is 13.5. The molecule has 2 atom stereocenters. The van der Waals surface area contributed by atoms with Crippen molar-refractivity contribution in [2.75, 3.05) is 41.4 Å². The average molecular weight is 590 g/mol. The number of carbonyl (C=O) groups excluding carboxylic acids is 1. The number of aromatic nitrogens is 2. The van der Waals surface area contributed by atoms with Gasteiger partial charge in [0.15, 0.2) is 11.6 Å². The van der Waals surface area contributed by atoms with Crippen molar-refractivity contribution in [2.45, 2.75) is 44.4 Å². The quantitative estimate of drug-likeness (QED) is 0.392. The van der Waals surface area contributed by atoms with Gasteiger partial charge in [0.25, 0.3) is 0 Å². The molecule has 9 nitrogen and oxygen atoms in total. The minimum absolute atomic E-state index is 0.167. The molecular formula is C28H27ClF3N5O4. The summed E-state index contributed by atoms with van der Waals surface area (Å²) in [7, 11) is 0. The van der Waals surface area contributed by atoms with Gasteiger partial charge in [0.1, 0.15) is 12.7 Å². The molecule has 3 aliphatic heterocycles. The van der Waals surface area contributed by atoms with Gasteiger partial charge < -0.3 is 24.4 Å². The maximum Gasteiger partial charge on any atom is 0.416 e. The van der Waals surface area contributed by atoms with Crippen LogP contribution in [0.4, 0.5) is 35.2 Å². The molecule has 2 aromatic heterocycles. The average Bonchev–Trinajstić information content (AvgIpc) is 3.51. The minimum Gasteiger partial charge on any atom is -0.475 e. The van der Waals surface area contributed by atoms with E-state index in [-0.39, 0.29) is 35.0 Å². The van der Waals surface area contributed by atoms with E-state index in [0.29, 0.717) is 49.2 Å². The van der Waals surface area contributed by atoms with Gasteiger partial charge in [0.05, 0.1) is 46.5 Å². The van der Waals surface area contributed by atoms with Crippen molar-refractivity contribution < 1.29 is 32.2 Å². The second-order valence-electron chi connectivity index (χ2n) is 10.6. The van der Waals surface area contributed by atoms with E-state index in [4.69, 9.17) is 25.8 Å². The smallest absolute Gasteiger partial charge is 0.416 e. The summed E-state index contributed by atoms with van der Waals surface area (Å²) in [6.07, 6.45) is -2.54. The lowest BCUT2D eigenvalue weighted by Gasteiger charge is -2.36. The van der Waals surface area contributed by atoms with Crippen LogP contribution in [0, 0.1) is 0 Å². The molecule has 216 valence electrons. The molecule has 0 saturated carbocycles. The van der Waals surface area contributed by atoms with E-state index < -0.39 is 23.6 Å². The number of pyridine rings is 2. The molecule has 0 aliphatic carbocycles. The van der Waals surface area contributed by atoms with E-state index in [1.807, 2.05) is 13.8 Å². The third-order valence-corrected chi connectivity index (χ3v) is 7.48. The third kappa shape index (κ3) is 5.64. The Morgan fingerprint density at radius 3 is 2.78 bits per heavy atom. The molecule has 0 radical (unpaired) electrons. The molecule has 2 fully saturated rings. The molecule has 3 aromatic rings. The van der Waals surface area contributed by atoms with Crippen LogP contribution in [0.25, 0.3) is 11.3 Å². The normalized spacial score (nSPS) is 21.1. The Kier molecular flexibility index (Phi) is 6.95. The minimum atomic E-state index is -4.52. The van der Waals surface area contributed by atoms with E-state index in [2.05, 4.69) is 20.2 Å². The second kappa shape index (κ2) is 10.3. The summed E-state index contributed by atoms with van der Waals surface area (Å²) in [4.78, 5) is 26.1. The number of nitrogens with zero attached hydrogens (tertiary/aromatic N) is 4. The summed E-state index contributed by atoms with van der Waals surface area (Å²) in [5.41, 5.74) is 0.659. The second-order valence-corrected chi connectivity index (χ2v) is 11.0. The van der Waals surface area contributed by atoms with Gasteiger partial charge in [0.2, 0.25) is 5.88 Å². The number of benzene rings is 1. The highest BCUT2D eigenvalue weighted by Gasteiger charge is 2.41. The summed E-state index contributed by atoms with van der Waals surface area (Å²) >= 11 is 6.53. The van der Waals surface area contributed by atoms with Gasteiger partial charge in [0, 0.05) is 24.7 Å². The number of urea groups is 1. The maximum absolute atomic E-state index is 13.6. The Morgan fingerprint density at radius 1 is 1.24 bits per heavy atom. The zero-order valence-corrected chi connectivity index (χ0v) is 23.0. The fourth-order valence-electron chi connectivity index (χ4n) is 5.28. The van der Waals surface area contributed by atoms with Gasteiger partial charge in [-0.15, -0.1) is 0 Å². The third-order valence-electron chi connectivity index (χ3n) is 7.19. The number of amides is 2. The summed E-state index contributed by atoms with van der Waals surface area (Å²) < 4.78 is 57.1. The van der Waals surface area contributed by atoms with Crippen molar-refractivity contribution >= 4 is 34.8 Å². The van der Waals surface area contributed by atoms with Gasteiger partial charge in [-0.25, -0.2) is 14.8 Å². The highest BCUT2D eigenvalue weighted by atomic mass is 35.5. The van der Waals surface area contributed by atoms with E-state index in [9.17, 15) is 18.0 Å². The molecule has 13 heteroatoms. The lowest BCUT2D eigenvalue weighted by atomic mass is 10.1. The number of carbonyl (C=O) groups is 1. The number of nitrogens with one attached hydrogen (secondary N) is 1. The van der Waals surface area contributed by atoms with Gasteiger partial charge in [-0.3, -0.25) is 4.90 Å². The molecule has 0 unspecified atom stereocenters. The number of fused-ring (bicyclic) bond motifs is 4. The Hall–Kier alpha value is -3.61. The summed E-state index contributed by atoms with van der Waals surface area (Å²) in [6, 6.07) is 9.19. The fourth-order valence-corrected chi connectivity index (χ4v) is 5.53. The molecule has 1 aromatic carbocycles. The van der Waals surface area contributed by atoms with E-state index >= 15 is 0 Å². The Balaban J connectivity index is 1.21. The van der Waals surface area contributed by atoms with Crippen LogP contribution in [0.5, 0.6) is 5.88 Å². The van der Waals surface area contributed by atoms with Crippen molar-refractivity contribution in [1.82, 2.24) is 9.97 Å². The number of hydrogen-bond acceptors (Lipinski definition) is 7.